The monoisotopic (exact) mass is 326 g/mol. The lowest BCUT2D eigenvalue weighted by Gasteiger charge is -2.47. The molecule has 4 nitrogen and oxygen atoms in total. The Morgan fingerprint density at radius 3 is 2.50 bits per heavy atom. The molecule has 0 fully saturated rings. The number of rotatable bonds is 3. The van der Waals surface area contributed by atoms with Crippen molar-refractivity contribution in [2.45, 2.75) is 37.9 Å². The Balaban J connectivity index is 2.27. The van der Waals surface area contributed by atoms with Crippen LogP contribution < -0.4 is 0 Å². The van der Waals surface area contributed by atoms with Gasteiger partial charge in [0.25, 0.3) is 0 Å². The molecule has 0 spiro atoms. The summed E-state index contributed by atoms with van der Waals surface area (Å²) in [5, 5.41) is 0. The zero-order valence-corrected chi connectivity index (χ0v) is 14.6. The molecule has 0 aliphatic heterocycles. The number of ketones is 2. The molecule has 0 amide bonds. The lowest BCUT2D eigenvalue weighted by atomic mass is 9.63. The maximum absolute atomic E-state index is 12.5. The van der Waals surface area contributed by atoms with Crippen LogP contribution in [0.2, 0.25) is 0 Å². The van der Waals surface area contributed by atoms with Crippen molar-refractivity contribution in [3.8, 4) is 0 Å². The second-order valence-corrected chi connectivity index (χ2v) is 6.52. The van der Waals surface area contributed by atoms with Crippen LogP contribution in [-0.2, 0) is 19.1 Å². The second kappa shape index (κ2) is 5.50. The number of hydrogen-bond acceptors (Lipinski definition) is 4. The number of ether oxygens (including phenoxy) is 2. The van der Waals surface area contributed by atoms with E-state index in [9.17, 15) is 9.59 Å². The van der Waals surface area contributed by atoms with E-state index in [0.29, 0.717) is 18.4 Å². The molecule has 0 N–H and O–H groups in total. The van der Waals surface area contributed by atoms with Gasteiger partial charge in [-0.25, -0.2) is 0 Å². The van der Waals surface area contributed by atoms with E-state index in [1.165, 1.54) is 6.08 Å². The first-order valence-corrected chi connectivity index (χ1v) is 8.03. The molecule has 0 aromatic carbocycles. The normalized spacial score (nSPS) is 32.6. The lowest BCUT2D eigenvalue weighted by molar-refractivity contribution is -0.130. The number of allylic oxidation sites excluding steroid dienone is 3. The van der Waals surface area contributed by atoms with Crippen LogP contribution in [0.1, 0.15) is 26.7 Å². The topological polar surface area (TPSA) is 52.6 Å². The van der Waals surface area contributed by atoms with Crippen LogP contribution >= 0.6 is 0 Å². The number of carbonyl (C=O) groups is 2. The molecule has 3 rings (SSSR count). The smallest absolute Gasteiger partial charge is 0.191 e. The van der Waals surface area contributed by atoms with Gasteiger partial charge in [0, 0.05) is 19.8 Å². The fraction of sp³-hybridized carbons (Fsp3) is 0.400. The molecule has 0 bridgehead atoms. The first kappa shape index (κ1) is 16.8. The van der Waals surface area contributed by atoms with E-state index in [1.54, 1.807) is 46.3 Å². The molecule has 0 saturated heterocycles. The predicted octanol–water partition coefficient (Wildman–Crippen LogP) is 3.02. The van der Waals surface area contributed by atoms with Crippen molar-refractivity contribution in [1.29, 1.82) is 0 Å². The quantitative estimate of drug-likeness (QED) is 0.800. The molecule has 4 heteroatoms. The summed E-state index contributed by atoms with van der Waals surface area (Å²) in [4.78, 5) is 24.8. The summed E-state index contributed by atoms with van der Waals surface area (Å²) in [6.45, 7) is 7.47. The lowest BCUT2D eigenvalue weighted by Crippen LogP contribution is -2.48. The van der Waals surface area contributed by atoms with Crippen molar-refractivity contribution < 1.29 is 19.1 Å². The number of hydrogen-bond donors (Lipinski definition) is 0. The molecule has 3 aliphatic carbocycles. The molecular weight excluding hydrogens is 304 g/mol. The molecule has 0 radical (unpaired) electrons. The summed E-state index contributed by atoms with van der Waals surface area (Å²) in [5.74, 6) is -0.127. The van der Waals surface area contributed by atoms with Crippen molar-refractivity contribution in [2.24, 2.45) is 0 Å². The van der Waals surface area contributed by atoms with E-state index in [1.807, 2.05) is 0 Å². The fourth-order valence-corrected chi connectivity index (χ4v) is 4.12. The molecule has 0 aromatic heterocycles. The van der Waals surface area contributed by atoms with Gasteiger partial charge in [-0.05, 0) is 61.1 Å². The minimum atomic E-state index is -0.988. The highest BCUT2D eigenvalue weighted by Crippen LogP contribution is 2.51. The van der Waals surface area contributed by atoms with Crippen LogP contribution in [0.5, 0.6) is 0 Å². The molecule has 0 saturated carbocycles. The molecule has 0 heterocycles. The van der Waals surface area contributed by atoms with Crippen molar-refractivity contribution in [1.82, 2.24) is 0 Å². The third kappa shape index (κ3) is 1.93. The summed E-state index contributed by atoms with van der Waals surface area (Å²) in [6, 6.07) is 0. The summed E-state index contributed by atoms with van der Waals surface area (Å²) >= 11 is 0. The van der Waals surface area contributed by atoms with Crippen LogP contribution in [-0.4, -0.2) is 37.0 Å². The van der Waals surface area contributed by atoms with Gasteiger partial charge < -0.3 is 9.47 Å². The van der Waals surface area contributed by atoms with Gasteiger partial charge in [-0.3, -0.25) is 9.59 Å². The van der Waals surface area contributed by atoms with E-state index in [4.69, 9.17) is 9.47 Å². The van der Waals surface area contributed by atoms with Gasteiger partial charge in [-0.1, -0.05) is 18.7 Å². The zero-order valence-electron chi connectivity index (χ0n) is 14.6. The average Bonchev–Trinajstić information content (AvgIpc) is 2.59. The third-order valence-corrected chi connectivity index (χ3v) is 5.67. The van der Waals surface area contributed by atoms with E-state index in [-0.39, 0.29) is 11.6 Å². The molecule has 0 unspecified atom stereocenters. The number of fused-ring (bicyclic) bond motifs is 2. The first-order chi connectivity index (χ1) is 11.4. The summed E-state index contributed by atoms with van der Waals surface area (Å²) in [5.41, 5.74) is 2.35. The Morgan fingerprint density at radius 2 is 1.92 bits per heavy atom. The molecule has 3 aliphatic rings. The van der Waals surface area contributed by atoms with E-state index in [2.05, 4.69) is 6.58 Å². The van der Waals surface area contributed by atoms with E-state index >= 15 is 0 Å². The van der Waals surface area contributed by atoms with Gasteiger partial charge in [0.15, 0.2) is 11.6 Å². The van der Waals surface area contributed by atoms with Gasteiger partial charge in [-0.15, -0.1) is 0 Å². The van der Waals surface area contributed by atoms with Crippen LogP contribution in [0.3, 0.4) is 0 Å². The molecule has 2 atom stereocenters. The van der Waals surface area contributed by atoms with Crippen LogP contribution in [0, 0.1) is 0 Å². The largest absolute Gasteiger partial charge is 0.369 e. The average molecular weight is 326 g/mol. The molecular formula is C20H22O4. The standard InChI is InChI=1S/C20H22O4/c1-6-14-12(2)17(21)11-16-13-7-8-18(22)19(3,23-4)15(13)9-10-20(14,16)24-5/h6-8,11H,1,9-10H2,2-5H3/t19-,20+/m0/s1. The van der Waals surface area contributed by atoms with Crippen molar-refractivity contribution >= 4 is 11.6 Å². The SMILES string of the molecule is C=CC1=C(C)C(=O)C=C2C3=C(CC[C@]21OC)[C@](C)(OC)C(=O)C=C3. The highest BCUT2D eigenvalue weighted by atomic mass is 16.5. The minimum Gasteiger partial charge on any atom is -0.369 e. The summed E-state index contributed by atoms with van der Waals surface area (Å²) in [6.07, 6.45) is 7.95. The van der Waals surface area contributed by atoms with E-state index in [0.717, 1.165) is 22.3 Å². The molecule has 24 heavy (non-hydrogen) atoms. The highest BCUT2D eigenvalue weighted by molar-refractivity contribution is 6.09. The number of carbonyl (C=O) groups excluding carboxylic acids is 2. The Morgan fingerprint density at radius 1 is 1.21 bits per heavy atom. The fourth-order valence-electron chi connectivity index (χ4n) is 4.12. The zero-order chi connectivity index (χ0) is 17.7. The van der Waals surface area contributed by atoms with Crippen LogP contribution in [0.25, 0.3) is 0 Å². The van der Waals surface area contributed by atoms with Gasteiger partial charge in [-0.2, -0.15) is 0 Å². The van der Waals surface area contributed by atoms with Gasteiger partial charge in [0.2, 0.25) is 0 Å². The van der Waals surface area contributed by atoms with Crippen LogP contribution in [0.4, 0.5) is 0 Å². The first-order valence-electron chi connectivity index (χ1n) is 8.03. The second-order valence-electron chi connectivity index (χ2n) is 6.52. The van der Waals surface area contributed by atoms with E-state index < -0.39 is 11.2 Å². The minimum absolute atomic E-state index is 0.0502. The van der Waals surface area contributed by atoms with Gasteiger partial charge in [0.1, 0.15) is 11.2 Å². The Hall–Kier alpha value is -2.04. The summed E-state index contributed by atoms with van der Waals surface area (Å²) < 4.78 is 11.5. The Kier molecular flexibility index (Phi) is 3.85. The maximum Gasteiger partial charge on any atom is 0.191 e. The van der Waals surface area contributed by atoms with Gasteiger partial charge in [0.05, 0.1) is 0 Å². The molecule has 126 valence electrons. The summed E-state index contributed by atoms with van der Waals surface area (Å²) in [7, 11) is 3.19. The van der Waals surface area contributed by atoms with Crippen molar-refractivity contribution in [3.05, 3.63) is 58.7 Å². The van der Waals surface area contributed by atoms with Crippen molar-refractivity contribution in [2.75, 3.05) is 14.2 Å². The Bertz CT molecular complexity index is 777. The van der Waals surface area contributed by atoms with Crippen LogP contribution in [0.15, 0.2) is 58.7 Å². The predicted molar refractivity (Wildman–Crippen MR) is 91.5 cm³/mol. The number of methoxy groups -OCH3 is 2. The van der Waals surface area contributed by atoms with Gasteiger partial charge >= 0.3 is 0 Å². The molecule has 0 aromatic rings. The third-order valence-electron chi connectivity index (χ3n) is 5.67. The Labute approximate surface area is 142 Å². The maximum atomic E-state index is 12.5. The van der Waals surface area contributed by atoms with Crippen molar-refractivity contribution in [3.63, 3.8) is 0 Å². The highest BCUT2D eigenvalue weighted by Gasteiger charge is 2.50.